The van der Waals surface area contributed by atoms with Crippen LogP contribution in [0.4, 0.5) is 0 Å². The van der Waals surface area contributed by atoms with E-state index in [1.165, 1.54) is 11.3 Å². The molecule has 2 N–H and O–H groups in total. The van der Waals surface area contributed by atoms with Gasteiger partial charge in [-0.05, 0) is 25.2 Å². The van der Waals surface area contributed by atoms with E-state index in [1.807, 2.05) is 37.4 Å². The maximum atomic E-state index is 12.3. The summed E-state index contributed by atoms with van der Waals surface area (Å²) in [5, 5.41) is 14.6. The van der Waals surface area contributed by atoms with Crippen molar-refractivity contribution in [2.24, 2.45) is 0 Å². The number of carbonyl (C=O) groups excluding carboxylic acids is 1. The van der Waals surface area contributed by atoms with Crippen LogP contribution in [-0.2, 0) is 0 Å². The fourth-order valence-electron chi connectivity index (χ4n) is 2.13. The Morgan fingerprint density at radius 2 is 2.23 bits per heavy atom. The van der Waals surface area contributed by atoms with Gasteiger partial charge in [-0.1, -0.05) is 24.3 Å². The molecule has 118 valence electrons. The van der Waals surface area contributed by atoms with Crippen molar-refractivity contribution in [1.29, 1.82) is 0 Å². The van der Waals surface area contributed by atoms with Crippen LogP contribution >= 0.6 is 23.1 Å². The summed E-state index contributed by atoms with van der Waals surface area (Å²) in [6, 6.07) is 7.97. The minimum atomic E-state index is -0.177. The van der Waals surface area contributed by atoms with Crippen LogP contribution in [0.15, 0.2) is 29.6 Å². The van der Waals surface area contributed by atoms with E-state index in [-0.39, 0.29) is 18.6 Å². The summed E-state index contributed by atoms with van der Waals surface area (Å²) in [5.74, 6) is 0.602. The highest BCUT2D eigenvalue weighted by Crippen LogP contribution is 2.26. The van der Waals surface area contributed by atoms with Gasteiger partial charge in [-0.3, -0.25) is 4.79 Å². The number of thiazole rings is 1. The zero-order valence-electron chi connectivity index (χ0n) is 12.7. The number of hydrogen-bond acceptors (Lipinski definition) is 5. The zero-order valence-corrected chi connectivity index (χ0v) is 14.3. The normalized spacial score (nSPS) is 12.1. The topological polar surface area (TPSA) is 62.2 Å². The maximum Gasteiger partial charge on any atom is 0.271 e. The fraction of sp³-hybridized carbons (Fsp3) is 0.375. The Bertz CT molecular complexity index is 622. The minimum absolute atomic E-state index is 0.0314. The fourth-order valence-corrected chi connectivity index (χ4v) is 3.67. The molecule has 2 rings (SSSR count). The minimum Gasteiger partial charge on any atom is -0.396 e. The number of aliphatic hydroxyl groups excluding tert-OH is 1. The first kappa shape index (κ1) is 17.0. The molecule has 1 unspecified atom stereocenters. The molecule has 0 saturated heterocycles. The van der Waals surface area contributed by atoms with Crippen molar-refractivity contribution in [3.8, 4) is 10.6 Å². The highest BCUT2D eigenvalue weighted by molar-refractivity contribution is 7.98. The van der Waals surface area contributed by atoms with Gasteiger partial charge >= 0.3 is 0 Å². The van der Waals surface area contributed by atoms with Gasteiger partial charge in [0.25, 0.3) is 5.91 Å². The molecule has 4 nitrogen and oxygen atoms in total. The summed E-state index contributed by atoms with van der Waals surface area (Å²) < 4.78 is 0. The Kier molecular flexibility index (Phi) is 6.42. The number of hydrogen-bond donors (Lipinski definition) is 2. The van der Waals surface area contributed by atoms with Gasteiger partial charge in [0.1, 0.15) is 10.7 Å². The molecule has 0 fully saturated rings. The lowest BCUT2D eigenvalue weighted by Gasteiger charge is -2.15. The van der Waals surface area contributed by atoms with Crippen molar-refractivity contribution < 1.29 is 9.90 Å². The molecule has 22 heavy (non-hydrogen) atoms. The van der Waals surface area contributed by atoms with Gasteiger partial charge < -0.3 is 10.4 Å². The molecule has 1 atom stereocenters. The second-order valence-corrected chi connectivity index (χ2v) is 6.76. The summed E-state index contributed by atoms with van der Waals surface area (Å²) >= 11 is 3.12. The average molecular weight is 336 g/mol. The van der Waals surface area contributed by atoms with Crippen LogP contribution < -0.4 is 5.32 Å². The van der Waals surface area contributed by atoms with E-state index in [0.29, 0.717) is 12.1 Å². The number of aliphatic hydroxyl groups is 1. The van der Waals surface area contributed by atoms with Crippen molar-refractivity contribution in [3.63, 3.8) is 0 Å². The Morgan fingerprint density at radius 3 is 2.91 bits per heavy atom. The lowest BCUT2D eigenvalue weighted by atomic mass is 10.1. The molecule has 0 saturated carbocycles. The monoisotopic (exact) mass is 336 g/mol. The Hall–Kier alpha value is -1.37. The average Bonchev–Trinajstić information content (AvgIpc) is 2.98. The molecule has 0 aliphatic heterocycles. The molecule has 1 heterocycles. The van der Waals surface area contributed by atoms with Crippen molar-refractivity contribution in [1.82, 2.24) is 10.3 Å². The molecule has 0 aliphatic carbocycles. The molecule has 1 aromatic carbocycles. The lowest BCUT2D eigenvalue weighted by molar-refractivity contribution is 0.0931. The van der Waals surface area contributed by atoms with Crippen LogP contribution in [0.25, 0.3) is 10.6 Å². The number of nitrogens with one attached hydrogen (secondary N) is 1. The first-order chi connectivity index (χ1) is 10.7. The van der Waals surface area contributed by atoms with Gasteiger partial charge in [0, 0.05) is 29.3 Å². The standard InChI is InChI=1S/C16H20N2O2S2/c1-11-5-3-4-6-13(11)16-18-14(10-22-16)15(20)17-12(7-8-19)9-21-2/h3-6,10,12,19H,7-9H2,1-2H3,(H,17,20). The molecule has 6 heteroatoms. The quantitative estimate of drug-likeness (QED) is 0.816. The lowest BCUT2D eigenvalue weighted by Crippen LogP contribution is -2.37. The van der Waals surface area contributed by atoms with Crippen molar-refractivity contribution in [2.75, 3.05) is 18.6 Å². The third-order valence-corrected chi connectivity index (χ3v) is 4.90. The first-order valence-corrected chi connectivity index (χ1v) is 9.35. The van der Waals surface area contributed by atoms with E-state index in [2.05, 4.69) is 10.3 Å². The van der Waals surface area contributed by atoms with Gasteiger partial charge in [0.2, 0.25) is 0 Å². The summed E-state index contributed by atoms with van der Waals surface area (Å²) in [6.07, 6.45) is 2.54. The zero-order chi connectivity index (χ0) is 15.9. The predicted molar refractivity (Wildman–Crippen MR) is 93.6 cm³/mol. The molecular formula is C16H20N2O2S2. The van der Waals surface area contributed by atoms with Gasteiger partial charge in [-0.2, -0.15) is 11.8 Å². The Balaban J connectivity index is 2.10. The predicted octanol–water partition coefficient (Wildman–Crippen LogP) is 2.96. The second-order valence-electron chi connectivity index (χ2n) is 4.99. The first-order valence-electron chi connectivity index (χ1n) is 7.08. The van der Waals surface area contributed by atoms with E-state index in [9.17, 15) is 4.79 Å². The van der Waals surface area contributed by atoms with Crippen molar-refractivity contribution >= 4 is 29.0 Å². The third-order valence-electron chi connectivity index (χ3n) is 3.29. The molecule has 2 aromatic rings. The van der Waals surface area contributed by atoms with E-state index in [1.54, 1.807) is 17.1 Å². The van der Waals surface area contributed by atoms with Crippen LogP contribution in [-0.4, -0.2) is 40.7 Å². The summed E-state index contributed by atoms with van der Waals surface area (Å²) in [4.78, 5) is 16.7. The number of nitrogens with zero attached hydrogens (tertiary/aromatic N) is 1. The largest absolute Gasteiger partial charge is 0.396 e. The number of aromatic nitrogens is 1. The van der Waals surface area contributed by atoms with E-state index >= 15 is 0 Å². The molecule has 0 radical (unpaired) electrons. The molecular weight excluding hydrogens is 316 g/mol. The summed E-state index contributed by atoms with van der Waals surface area (Å²) in [6.45, 7) is 2.10. The number of rotatable bonds is 7. The van der Waals surface area contributed by atoms with Crippen molar-refractivity contribution in [3.05, 3.63) is 40.9 Å². The summed E-state index contributed by atoms with van der Waals surface area (Å²) in [5.41, 5.74) is 2.64. The van der Waals surface area contributed by atoms with E-state index in [4.69, 9.17) is 5.11 Å². The van der Waals surface area contributed by atoms with E-state index < -0.39 is 0 Å². The third kappa shape index (κ3) is 4.32. The Labute approximate surface area is 139 Å². The molecule has 1 amide bonds. The smallest absolute Gasteiger partial charge is 0.271 e. The number of thioether (sulfide) groups is 1. The second kappa shape index (κ2) is 8.31. The van der Waals surface area contributed by atoms with Gasteiger partial charge in [-0.15, -0.1) is 11.3 Å². The van der Waals surface area contributed by atoms with Crippen LogP contribution in [0.3, 0.4) is 0 Å². The molecule has 0 bridgehead atoms. The van der Waals surface area contributed by atoms with Crippen molar-refractivity contribution in [2.45, 2.75) is 19.4 Å². The van der Waals surface area contributed by atoms with Gasteiger partial charge in [-0.25, -0.2) is 4.98 Å². The summed E-state index contributed by atoms with van der Waals surface area (Å²) in [7, 11) is 0. The van der Waals surface area contributed by atoms with Crippen LogP contribution in [0.1, 0.15) is 22.5 Å². The highest BCUT2D eigenvalue weighted by atomic mass is 32.2. The molecule has 1 aromatic heterocycles. The van der Waals surface area contributed by atoms with Crippen LogP contribution in [0, 0.1) is 6.92 Å². The molecule has 0 spiro atoms. The number of carbonyl (C=O) groups is 1. The SMILES string of the molecule is CSCC(CCO)NC(=O)c1csc(-c2ccccc2C)n1. The molecule has 0 aliphatic rings. The van der Waals surface area contributed by atoms with Crippen LogP contribution in [0.2, 0.25) is 0 Å². The maximum absolute atomic E-state index is 12.3. The van der Waals surface area contributed by atoms with Gasteiger partial charge in [0.05, 0.1) is 0 Å². The Morgan fingerprint density at radius 1 is 1.45 bits per heavy atom. The number of benzene rings is 1. The van der Waals surface area contributed by atoms with Crippen LogP contribution in [0.5, 0.6) is 0 Å². The van der Waals surface area contributed by atoms with Gasteiger partial charge in [0.15, 0.2) is 0 Å². The highest BCUT2D eigenvalue weighted by Gasteiger charge is 2.16. The van der Waals surface area contributed by atoms with E-state index in [0.717, 1.165) is 21.9 Å². The number of aryl methyl sites for hydroxylation is 1. The number of amides is 1.